The number of fused-ring (bicyclic) bond motifs is 2. The van der Waals surface area contributed by atoms with Crippen LogP contribution in [0.3, 0.4) is 0 Å². The number of aromatic nitrogens is 3. The summed E-state index contributed by atoms with van der Waals surface area (Å²) >= 11 is 0. The lowest BCUT2D eigenvalue weighted by atomic mass is 9.97. The second-order valence-electron chi connectivity index (χ2n) is 6.10. The van der Waals surface area contributed by atoms with Crippen molar-refractivity contribution in [2.24, 2.45) is 7.05 Å². The van der Waals surface area contributed by atoms with Gasteiger partial charge in [-0.25, -0.2) is 4.98 Å². The minimum Gasteiger partial charge on any atom is -0.477 e. The first kappa shape index (κ1) is 16.7. The SMILES string of the molecule is CCOc1nc2nc3ccn(C)c(=O)c3cc2c(-c2ccccc2)c1C#N. The first-order chi connectivity index (χ1) is 13.1. The molecule has 132 valence electrons. The van der Waals surface area contributed by atoms with Crippen LogP contribution < -0.4 is 10.3 Å². The average molecular weight is 356 g/mol. The first-order valence-electron chi connectivity index (χ1n) is 8.56. The number of nitrogens with zero attached hydrogens (tertiary/aromatic N) is 4. The second-order valence-corrected chi connectivity index (χ2v) is 6.10. The van der Waals surface area contributed by atoms with Crippen molar-refractivity contribution >= 4 is 21.9 Å². The van der Waals surface area contributed by atoms with E-state index in [2.05, 4.69) is 16.0 Å². The number of pyridine rings is 3. The van der Waals surface area contributed by atoms with E-state index in [1.165, 1.54) is 4.57 Å². The molecule has 3 heterocycles. The van der Waals surface area contributed by atoms with Crippen molar-refractivity contribution in [2.75, 3.05) is 6.61 Å². The van der Waals surface area contributed by atoms with Gasteiger partial charge in [0.2, 0.25) is 5.88 Å². The molecule has 0 amide bonds. The standard InChI is InChI=1S/C21H16N4O2/c1-3-27-20-16(12-22)18(13-7-5-4-6-8-13)15-11-14-17(23-19(15)24-20)9-10-25(2)21(14)26/h4-11H,3H2,1-2H3. The minimum atomic E-state index is -0.145. The minimum absolute atomic E-state index is 0.145. The fourth-order valence-corrected chi connectivity index (χ4v) is 3.17. The molecule has 0 bridgehead atoms. The van der Waals surface area contributed by atoms with Gasteiger partial charge in [0.15, 0.2) is 5.65 Å². The number of nitriles is 1. The quantitative estimate of drug-likeness (QED) is 0.525. The molecule has 0 unspecified atom stereocenters. The zero-order chi connectivity index (χ0) is 19.0. The maximum absolute atomic E-state index is 12.6. The highest BCUT2D eigenvalue weighted by Crippen LogP contribution is 2.36. The zero-order valence-electron chi connectivity index (χ0n) is 14.9. The van der Waals surface area contributed by atoms with E-state index in [1.807, 2.05) is 37.3 Å². The van der Waals surface area contributed by atoms with E-state index >= 15 is 0 Å². The summed E-state index contributed by atoms with van der Waals surface area (Å²) in [7, 11) is 1.70. The summed E-state index contributed by atoms with van der Waals surface area (Å²) in [4.78, 5) is 21.6. The van der Waals surface area contributed by atoms with Crippen LogP contribution in [0.4, 0.5) is 0 Å². The molecule has 0 aliphatic carbocycles. The van der Waals surface area contributed by atoms with Gasteiger partial charge in [-0.15, -0.1) is 0 Å². The predicted octanol–water partition coefficient (Wildman–Crippen LogP) is 3.42. The number of aryl methyl sites for hydroxylation is 1. The second kappa shape index (κ2) is 6.54. The fourth-order valence-electron chi connectivity index (χ4n) is 3.17. The number of hydrogen-bond donors (Lipinski definition) is 0. The Labute approximate surface area is 155 Å². The summed E-state index contributed by atoms with van der Waals surface area (Å²) in [6.45, 7) is 2.22. The normalized spacial score (nSPS) is 10.9. The summed E-state index contributed by atoms with van der Waals surface area (Å²) in [6, 6.07) is 15.3. The van der Waals surface area contributed by atoms with E-state index < -0.39 is 0 Å². The predicted molar refractivity (Wildman–Crippen MR) is 104 cm³/mol. The molecule has 4 rings (SSSR count). The Morgan fingerprint density at radius 1 is 1.15 bits per heavy atom. The molecule has 1 aromatic carbocycles. The van der Waals surface area contributed by atoms with E-state index in [1.54, 1.807) is 25.4 Å². The van der Waals surface area contributed by atoms with Crippen LogP contribution in [-0.2, 0) is 7.05 Å². The van der Waals surface area contributed by atoms with E-state index in [9.17, 15) is 10.1 Å². The zero-order valence-corrected chi connectivity index (χ0v) is 14.9. The van der Waals surface area contributed by atoms with Gasteiger partial charge in [0.05, 0.1) is 17.5 Å². The van der Waals surface area contributed by atoms with Gasteiger partial charge < -0.3 is 9.30 Å². The van der Waals surface area contributed by atoms with Crippen molar-refractivity contribution in [3.8, 4) is 23.1 Å². The molecular weight excluding hydrogens is 340 g/mol. The van der Waals surface area contributed by atoms with Gasteiger partial charge in [-0.2, -0.15) is 10.2 Å². The molecular formula is C21H16N4O2. The fraction of sp³-hybridized carbons (Fsp3) is 0.143. The molecule has 0 N–H and O–H groups in total. The van der Waals surface area contributed by atoms with Gasteiger partial charge in [0.1, 0.15) is 11.6 Å². The molecule has 0 fully saturated rings. The van der Waals surface area contributed by atoms with Crippen LogP contribution in [0.5, 0.6) is 5.88 Å². The van der Waals surface area contributed by atoms with Crippen LogP contribution in [0.1, 0.15) is 12.5 Å². The Balaban J connectivity index is 2.21. The molecule has 0 aliphatic rings. The van der Waals surface area contributed by atoms with Crippen LogP contribution in [0.15, 0.2) is 53.5 Å². The lowest BCUT2D eigenvalue weighted by Gasteiger charge is -2.13. The molecule has 3 aromatic heterocycles. The van der Waals surface area contributed by atoms with Crippen molar-refractivity contribution in [3.05, 3.63) is 64.6 Å². The van der Waals surface area contributed by atoms with Crippen molar-refractivity contribution in [1.82, 2.24) is 14.5 Å². The van der Waals surface area contributed by atoms with Gasteiger partial charge in [0, 0.05) is 24.2 Å². The number of rotatable bonds is 3. The maximum Gasteiger partial charge on any atom is 0.259 e. The van der Waals surface area contributed by atoms with Gasteiger partial charge in [-0.1, -0.05) is 30.3 Å². The van der Waals surface area contributed by atoms with Crippen molar-refractivity contribution in [3.63, 3.8) is 0 Å². The van der Waals surface area contributed by atoms with Crippen molar-refractivity contribution in [2.45, 2.75) is 6.92 Å². The van der Waals surface area contributed by atoms with Crippen LogP contribution >= 0.6 is 0 Å². The Morgan fingerprint density at radius 2 is 1.93 bits per heavy atom. The summed E-state index contributed by atoms with van der Waals surface area (Å²) in [6.07, 6.45) is 1.68. The molecule has 6 heteroatoms. The Kier molecular flexibility index (Phi) is 4.05. The first-order valence-corrected chi connectivity index (χ1v) is 8.56. The molecule has 4 aromatic rings. The Hall–Kier alpha value is -3.72. The lowest BCUT2D eigenvalue weighted by molar-refractivity contribution is 0.327. The van der Waals surface area contributed by atoms with E-state index in [4.69, 9.17) is 4.74 Å². The van der Waals surface area contributed by atoms with E-state index in [0.29, 0.717) is 39.7 Å². The molecule has 0 spiro atoms. The maximum atomic E-state index is 12.6. The topological polar surface area (TPSA) is 80.8 Å². The third-order valence-electron chi connectivity index (χ3n) is 4.43. The summed E-state index contributed by atoms with van der Waals surface area (Å²) < 4.78 is 7.12. The average Bonchev–Trinajstić information content (AvgIpc) is 2.70. The van der Waals surface area contributed by atoms with Gasteiger partial charge in [-0.3, -0.25) is 4.79 Å². The molecule has 6 nitrogen and oxygen atoms in total. The van der Waals surface area contributed by atoms with Crippen LogP contribution in [0.25, 0.3) is 33.1 Å². The molecule has 27 heavy (non-hydrogen) atoms. The highest BCUT2D eigenvalue weighted by atomic mass is 16.5. The van der Waals surface area contributed by atoms with Gasteiger partial charge in [0.25, 0.3) is 5.56 Å². The van der Waals surface area contributed by atoms with E-state index in [0.717, 1.165) is 5.56 Å². The lowest BCUT2D eigenvalue weighted by Crippen LogP contribution is -2.16. The number of benzene rings is 1. The number of hydrogen-bond acceptors (Lipinski definition) is 5. The van der Waals surface area contributed by atoms with Crippen molar-refractivity contribution in [1.29, 1.82) is 5.26 Å². The van der Waals surface area contributed by atoms with Crippen LogP contribution in [-0.4, -0.2) is 21.1 Å². The Bertz CT molecular complexity index is 1270. The highest BCUT2D eigenvalue weighted by molar-refractivity contribution is 6.02. The monoisotopic (exact) mass is 356 g/mol. The van der Waals surface area contributed by atoms with E-state index in [-0.39, 0.29) is 11.4 Å². The van der Waals surface area contributed by atoms with Crippen molar-refractivity contribution < 1.29 is 4.74 Å². The number of ether oxygens (including phenoxy) is 1. The smallest absolute Gasteiger partial charge is 0.259 e. The third-order valence-corrected chi connectivity index (χ3v) is 4.43. The third kappa shape index (κ3) is 2.70. The molecule has 0 atom stereocenters. The summed E-state index contributed by atoms with van der Waals surface area (Å²) in [5.74, 6) is 0.252. The molecule has 0 saturated carbocycles. The Morgan fingerprint density at radius 3 is 2.63 bits per heavy atom. The molecule has 0 aliphatic heterocycles. The molecule has 0 radical (unpaired) electrons. The van der Waals surface area contributed by atoms with Gasteiger partial charge in [-0.05, 0) is 24.6 Å². The van der Waals surface area contributed by atoms with Gasteiger partial charge >= 0.3 is 0 Å². The van der Waals surface area contributed by atoms with Crippen LogP contribution in [0.2, 0.25) is 0 Å². The molecule has 0 saturated heterocycles. The highest BCUT2D eigenvalue weighted by Gasteiger charge is 2.19. The van der Waals surface area contributed by atoms with Crippen LogP contribution in [0, 0.1) is 11.3 Å². The summed E-state index contributed by atoms with van der Waals surface area (Å²) in [5.41, 5.74) is 2.71. The largest absolute Gasteiger partial charge is 0.477 e. The summed E-state index contributed by atoms with van der Waals surface area (Å²) in [5, 5.41) is 10.9.